The second kappa shape index (κ2) is 18.8. The number of nitrogens with zero attached hydrogens (tertiary/aromatic N) is 6. The van der Waals surface area contributed by atoms with Gasteiger partial charge in [0.15, 0.2) is 0 Å². The van der Waals surface area contributed by atoms with Crippen molar-refractivity contribution in [3.8, 4) is 0 Å². The van der Waals surface area contributed by atoms with E-state index in [4.69, 9.17) is 0 Å². The number of piperazine rings is 2. The van der Waals surface area contributed by atoms with E-state index in [1.54, 1.807) is 17.9 Å². The summed E-state index contributed by atoms with van der Waals surface area (Å²) in [5.41, 5.74) is 7.66. The van der Waals surface area contributed by atoms with Gasteiger partial charge in [0.05, 0.1) is 0 Å². The van der Waals surface area contributed by atoms with Crippen LogP contribution in [0.25, 0.3) is 6.08 Å². The SMILES string of the molecule is CCc1ccc(C=CC(=O)N(Cc2ccc(N3CCN(C(C)=O)CC3)cc2)[C@@H](Cc2ccccc2)C(=O)N2CCN(Cc3ccc(N(C)C)cc3)CC2)cc1. The lowest BCUT2D eigenvalue weighted by Gasteiger charge is -2.39. The molecule has 0 bridgehead atoms. The summed E-state index contributed by atoms with van der Waals surface area (Å²) in [6.45, 7) is 10.6. The van der Waals surface area contributed by atoms with Crippen LogP contribution in [0.15, 0.2) is 109 Å². The second-order valence-electron chi connectivity index (χ2n) is 14.9. The number of aryl methyl sites for hydroxylation is 1. The summed E-state index contributed by atoms with van der Waals surface area (Å²) in [6.07, 6.45) is 4.84. The number of anilines is 2. The normalized spacial score (nSPS) is 15.6. The molecule has 0 saturated carbocycles. The zero-order chi connectivity index (χ0) is 38.7. The highest BCUT2D eigenvalue weighted by atomic mass is 16.2. The van der Waals surface area contributed by atoms with Crippen molar-refractivity contribution in [3.05, 3.63) is 137 Å². The summed E-state index contributed by atoms with van der Waals surface area (Å²) in [4.78, 5) is 53.4. The fraction of sp³-hybridized carbons (Fsp3) is 0.370. The van der Waals surface area contributed by atoms with E-state index in [-0.39, 0.29) is 17.7 Å². The quantitative estimate of drug-likeness (QED) is 0.157. The molecule has 4 aromatic carbocycles. The van der Waals surface area contributed by atoms with Crippen LogP contribution in [0, 0.1) is 0 Å². The molecule has 0 N–H and O–H groups in total. The molecule has 0 radical (unpaired) electrons. The molecule has 2 saturated heterocycles. The number of benzene rings is 4. The molecule has 3 amide bonds. The predicted octanol–water partition coefficient (Wildman–Crippen LogP) is 5.98. The first-order valence-corrected chi connectivity index (χ1v) is 19.6. The molecule has 0 unspecified atom stereocenters. The maximum absolute atomic E-state index is 14.7. The zero-order valence-electron chi connectivity index (χ0n) is 32.9. The highest BCUT2D eigenvalue weighted by Crippen LogP contribution is 2.23. The Kier molecular flexibility index (Phi) is 13.4. The molecule has 4 aromatic rings. The Hall–Kier alpha value is -5.41. The van der Waals surface area contributed by atoms with Crippen molar-refractivity contribution in [2.75, 3.05) is 76.3 Å². The van der Waals surface area contributed by atoms with E-state index in [1.807, 2.05) is 72.4 Å². The van der Waals surface area contributed by atoms with Crippen molar-refractivity contribution in [2.45, 2.75) is 45.8 Å². The summed E-state index contributed by atoms with van der Waals surface area (Å²) < 4.78 is 0. The summed E-state index contributed by atoms with van der Waals surface area (Å²) in [5.74, 6) is -0.106. The lowest BCUT2D eigenvalue weighted by atomic mass is 10.0. The van der Waals surface area contributed by atoms with Gasteiger partial charge in [-0.05, 0) is 64.6 Å². The minimum Gasteiger partial charge on any atom is -0.378 e. The number of carbonyl (C=O) groups excluding carboxylic acids is 3. The molecule has 9 nitrogen and oxygen atoms in total. The van der Waals surface area contributed by atoms with E-state index >= 15 is 0 Å². The second-order valence-corrected chi connectivity index (χ2v) is 14.9. The van der Waals surface area contributed by atoms with Crippen LogP contribution in [0.3, 0.4) is 0 Å². The molecule has 2 aliphatic rings. The van der Waals surface area contributed by atoms with Crippen molar-refractivity contribution in [1.82, 2.24) is 19.6 Å². The fourth-order valence-electron chi connectivity index (χ4n) is 7.42. The molecular formula is C46H56N6O3. The van der Waals surface area contributed by atoms with Crippen LogP contribution in [-0.4, -0.2) is 110 Å². The van der Waals surface area contributed by atoms with Gasteiger partial charge in [0.1, 0.15) is 6.04 Å². The molecule has 9 heteroatoms. The number of carbonyl (C=O) groups is 3. The van der Waals surface area contributed by atoms with Gasteiger partial charge in [-0.15, -0.1) is 0 Å². The van der Waals surface area contributed by atoms with Crippen molar-refractivity contribution < 1.29 is 14.4 Å². The first-order chi connectivity index (χ1) is 26.7. The summed E-state index contributed by atoms with van der Waals surface area (Å²) in [5, 5.41) is 0. The minimum atomic E-state index is -0.688. The summed E-state index contributed by atoms with van der Waals surface area (Å²) in [7, 11) is 4.09. The van der Waals surface area contributed by atoms with Crippen LogP contribution in [0.1, 0.15) is 41.7 Å². The van der Waals surface area contributed by atoms with Gasteiger partial charge in [0.25, 0.3) is 0 Å². The van der Waals surface area contributed by atoms with Crippen molar-refractivity contribution in [2.24, 2.45) is 0 Å². The van der Waals surface area contributed by atoms with E-state index < -0.39 is 6.04 Å². The molecule has 0 spiro atoms. The number of hydrogen-bond acceptors (Lipinski definition) is 6. The van der Waals surface area contributed by atoms with Gasteiger partial charge in [-0.2, -0.15) is 0 Å². The van der Waals surface area contributed by atoms with Gasteiger partial charge in [0.2, 0.25) is 17.7 Å². The monoisotopic (exact) mass is 740 g/mol. The van der Waals surface area contributed by atoms with Crippen molar-refractivity contribution >= 4 is 35.2 Å². The summed E-state index contributed by atoms with van der Waals surface area (Å²) >= 11 is 0. The van der Waals surface area contributed by atoms with Crippen LogP contribution in [0.2, 0.25) is 0 Å². The average Bonchev–Trinajstić information content (AvgIpc) is 3.22. The van der Waals surface area contributed by atoms with Crippen LogP contribution < -0.4 is 9.80 Å². The average molecular weight is 741 g/mol. The van der Waals surface area contributed by atoms with Gasteiger partial charge in [-0.1, -0.05) is 85.8 Å². The molecule has 2 heterocycles. The zero-order valence-corrected chi connectivity index (χ0v) is 32.9. The third-order valence-corrected chi connectivity index (χ3v) is 10.9. The largest absolute Gasteiger partial charge is 0.378 e. The Morgan fingerprint density at radius 3 is 1.87 bits per heavy atom. The smallest absolute Gasteiger partial charge is 0.247 e. The van der Waals surface area contributed by atoms with Crippen molar-refractivity contribution in [1.29, 1.82) is 0 Å². The number of amides is 3. The van der Waals surface area contributed by atoms with E-state index in [1.165, 1.54) is 16.8 Å². The van der Waals surface area contributed by atoms with Gasteiger partial charge >= 0.3 is 0 Å². The van der Waals surface area contributed by atoms with E-state index in [0.717, 1.165) is 61.5 Å². The molecule has 2 aliphatic heterocycles. The van der Waals surface area contributed by atoms with Gasteiger partial charge in [0, 0.05) is 110 Å². The van der Waals surface area contributed by atoms with Crippen LogP contribution in [0.5, 0.6) is 0 Å². The van der Waals surface area contributed by atoms with Gasteiger partial charge < -0.3 is 24.5 Å². The Balaban J connectivity index is 1.22. The topological polar surface area (TPSA) is 70.6 Å². The maximum atomic E-state index is 14.7. The third-order valence-electron chi connectivity index (χ3n) is 10.9. The number of rotatable bonds is 13. The molecule has 55 heavy (non-hydrogen) atoms. The first-order valence-electron chi connectivity index (χ1n) is 19.6. The molecule has 0 aliphatic carbocycles. The Morgan fingerprint density at radius 2 is 1.27 bits per heavy atom. The van der Waals surface area contributed by atoms with E-state index in [2.05, 4.69) is 82.3 Å². The van der Waals surface area contributed by atoms with Crippen LogP contribution >= 0.6 is 0 Å². The molecule has 6 rings (SSSR count). The third kappa shape index (κ3) is 10.6. The highest BCUT2D eigenvalue weighted by Gasteiger charge is 2.34. The lowest BCUT2D eigenvalue weighted by molar-refractivity contribution is -0.145. The Bertz CT molecular complexity index is 1880. The van der Waals surface area contributed by atoms with Gasteiger partial charge in [-0.3, -0.25) is 19.3 Å². The highest BCUT2D eigenvalue weighted by molar-refractivity contribution is 5.96. The predicted molar refractivity (Wildman–Crippen MR) is 223 cm³/mol. The minimum absolute atomic E-state index is 0.0205. The molecule has 0 aromatic heterocycles. The van der Waals surface area contributed by atoms with Crippen LogP contribution in [-0.2, 0) is 40.3 Å². The van der Waals surface area contributed by atoms with Crippen LogP contribution in [0.4, 0.5) is 11.4 Å². The summed E-state index contributed by atoms with van der Waals surface area (Å²) in [6, 6.07) is 34.5. The molecular weight excluding hydrogens is 685 g/mol. The number of hydrogen-bond donors (Lipinski definition) is 0. The van der Waals surface area contributed by atoms with E-state index in [9.17, 15) is 14.4 Å². The van der Waals surface area contributed by atoms with Crippen molar-refractivity contribution in [3.63, 3.8) is 0 Å². The van der Waals surface area contributed by atoms with Gasteiger partial charge in [-0.25, -0.2) is 0 Å². The Labute approximate surface area is 327 Å². The standard InChI is InChI=1S/C46H56N6O3/c1-5-37-11-13-38(14-12-37)19-24-45(54)52(35-41-17-22-43(23-18-41)50-31-29-49(30-32-50)36(2)53)44(33-39-9-7-6-8-10-39)46(55)51-27-25-48(26-28-51)34-40-15-20-42(21-16-40)47(3)4/h6-24,44H,5,25-35H2,1-4H3/t44-/m0/s1. The Morgan fingerprint density at radius 1 is 0.673 bits per heavy atom. The molecule has 2 fully saturated rings. The first kappa shape index (κ1) is 39.3. The lowest BCUT2D eigenvalue weighted by Crippen LogP contribution is -2.56. The molecule has 1 atom stereocenters. The fourth-order valence-corrected chi connectivity index (χ4v) is 7.42. The maximum Gasteiger partial charge on any atom is 0.247 e. The molecule has 288 valence electrons. The van der Waals surface area contributed by atoms with E-state index in [0.29, 0.717) is 39.1 Å².